The molecule has 0 aliphatic rings. The van der Waals surface area contributed by atoms with Gasteiger partial charge in [-0.05, 0) is 42.1 Å². The van der Waals surface area contributed by atoms with Crippen molar-refractivity contribution < 1.29 is 9.53 Å². The molecule has 0 radical (unpaired) electrons. The van der Waals surface area contributed by atoms with Gasteiger partial charge in [-0.15, -0.1) is 0 Å². The van der Waals surface area contributed by atoms with Crippen LogP contribution in [0.4, 0.5) is 5.69 Å². The zero-order chi connectivity index (χ0) is 16.9. The Morgan fingerprint density at radius 1 is 1.04 bits per heavy atom. The quantitative estimate of drug-likeness (QED) is 0.686. The van der Waals surface area contributed by atoms with E-state index in [1.807, 2.05) is 49.4 Å². The lowest BCUT2D eigenvalue weighted by Gasteiger charge is -2.18. The van der Waals surface area contributed by atoms with Gasteiger partial charge in [-0.2, -0.15) is 0 Å². The molecule has 3 nitrogen and oxygen atoms in total. The first-order valence-electron chi connectivity index (χ1n) is 7.88. The summed E-state index contributed by atoms with van der Waals surface area (Å²) in [5.41, 5.74) is 0.698. The van der Waals surface area contributed by atoms with Crippen LogP contribution in [-0.2, 0) is 4.79 Å². The summed E-state index contributed by atoms with van der Waals surface area (Å²) < 4.78 is 6.00. The van der Waals surface area contributed by atoms with Gasteiger partial charge in [-0.1, -0.05) is 54.9 Å². The van der Waals surface area contributed by atoms with Crippen molar-refractivity contribution in [2.24, 2.45) is 0 Å². The molecular weight excluding hydrogens is 322 g/mol. The second kappa shape index (κ2) is 7.37. The van der Waals surface area contributed by atoms with Gasteiger partial charge >= 0.3 is 0 Å². The van der Waals surface area contributed by atoms with E-state index in [2.05, 4.69) is 5.32 Å². The Hall–Kier alpha value is -2.52. The summed E-state index contributed by atoms with van der Waals surface area (Å²) in [7, 11) is 0. The second-order valence-corrected chi connectivity index (χ2v) is 5.92. The topological polar surface area (TPSA) is 38.3 Å². The average molecular weight is 340 g/mol. The zero-order valence-electron chi connectivity index (χ0n) is 13.3. The van der Waals surface area contributed by atoms with Crippen LogP contribution in [0.2, 0.25) is 5.02 Å². The first kappa shape index (κ1) is 16.3. The molecule has 24 heavy (non-hydrogen) atoms. The Morgan fingerprint density at radius 3 is 2.50 bits per heavy atom. The lowest BCUT2D eigenvalue weighted by atomic mass is 10.1. The summed E-state index contributed by atoms with van der Waals surface area (Å²) in [6, 6.07) is 20.8. The molecule has 4 heteroatoms. The highest BCUT2D eigenvalue weighted by molar-refractivity contribution is 6.30. The van der Waals surface area contributed by atoms with E-state index < -0.39 is 6.10 Å². The fraction of sp³-hybridized carbons (Fsp3) is 0.150. The van der Waals surface area contributed by atoms with Crippen LogP contribution in [0.1, 0.15) is 13.3 Å². The number of fused-ring (bicyclic) bond motifs is 1. The van der Waals surface area contributed by atoms with Crippen LogP contribution in [0.3, 0.4) is 0 Å². The normalized spacial score (nSPS) is 11.9. The Morgan fingerprint density at radius 2 is 1.75 bits per heavy atom. The number of benzene rings is 3. The molecule has 3 aromatic rings. The van der Waals surface area contributed by atoms with E-state index in [4.69, 9.17) is 16.3 Å². The summed E-state index contributed by atoms with van der Waals surface area (Å²) in [6.07, 6.45) is 0.00863. The van der Waals surface area contributed by atoms with E-state index in [0.29, 0.717) is 22.9 Å². The molecule has 0 aliphatic heterocycles. The van der Waals surface area contributed by atoms with Crippen LogP contribution < -0.4 is 10.1 Å². The Balaban J connectivity index is 1.78. The lowest BCUT2D eigenvalue weighted by Crippen LogP contribution is -2.32. The van der Waals surface area contributed by atoms with E-state index in [9.17, 15) is 4.79 Å². The molecule has 0 aromatic heterocycles. The fourth-order valence-electron chi connectivity index (χ4n) is 2.53. The first-order valence-corrected chi connectivity index (χ1v) is 8.26. The standard InChI is InChI=1S/C20H18ClNO2/c1-2-18(20(23)22-16-12-10-15(21)11-13-16)24-19-9-5-7-14-6-3-4-8-17(14)19/h3-13,18H,2H2,1H3,(H,22,23)/t18-/m0/s1. The monoisotopic (exact) mass is 339 g/mol. The van der Waals surface area contributed by atoms with Crippen LogP contribution in [0, 0.1) is 0 Å². The predicted octanol–water partition coefficient (Wildman–Crippen LogP) is 5.29. The van der Waals surface area contributed by atoms with Gasteiger partial charge in [0, 0.05) is 16.1 Å². The molecule has 0 aliphatic carbocycles. The van der Waals surface area contributed by atoms with Crippen molar-refractivity contribution in [1.29, 1.82) is 0 Å². The third-order valence-electron chi connectivity index (χ3n) is 3.79. The number of hydrogen-bond acceptors (Lipinski definition) is 2. The van der Waals surface area contributed by atoms with E-state index in [-0.39, 0.29) is 5.91 Å². The first-order chi connectivity index (χ1) is 11.7. The largest absolute Gasteiger partial charge is 0.480 e. The Labute approximate surface area is 146 Å². The minimum atomic E-state index is -0.563. The van der Waals surface area contributed by atoms with Crippen molar-refractivity contribution >= 4 is 34.0 Å². The smallest absolute Gasteiger partial charge is 0.265 e. The minimum Gasteiger partial charge on any atom is -0.480 e. The van der Waals surface area contributed by atoms with Crippen LogP contribution in [0.25, 0.3) is 10.8 Å². The van der Waals surface area contributed by atoms with E-state index in [1.54, 1.807) is 24.3 Å². The molecule has 0 saturated carbocycles. The van der Waals surface area contributed by atoms with E-state index in [1.165, 1.54) is 0 Å². The molecule has 3 aromatic carbocycles. The summed E-state index contributed by atoms with van der Waals surface area (Å²) in [5.74, 6) is 0.541. The number of hydrogen-bond donors (Lipinski definition) is 1. The zero-order valence-corrected chi connectivity index (χ0v) is 14.1. The van der Waals surface area contributed by atoms with Crippen molar-refractivity contribution in [3.63, 3.8) is 0 Å². The van der Waals surface area contributed by atoms with E-state index in [0.717, 1.165) is 10.8 Å². The van der Waals surface area contributed by atoms with Crippen LogP contribution in [-0.4, -0.2) is 12.0 Å². The summed E-state index contributed by atoms with van der Waals surface area (Å²) >= 11 is 5.86. The van der Waals surface area contributed by atoms with Crippen molar-refractivity contribution in [1.82, 2.24) is 0 Å². The predicted molar refractivity (Wildman–Crippen MR) is 98.7 cm³/mol. The molecule has 0 spiro atoms. The second-order valence-electron chi connectivity index (χ2n) is 5.49. The van der Waals surface area contributed by atoms with Crippen molar-refractivity contribution in [2.45, 2.75) is 19.4 Å². The molecule has 3 rings (SSSR count). The molecule has 1 amide bonds. The third kappa shape index (κ3) is 3.69. The van der Waals surface area contributed by atoms with Gasteiger partial charge in [-0.3, -0.25) is 4.79 Å². The average Bonchev–Trinajstić information content (AvgIpc) is 2.61. The van der Waals surface area contributed by atoms with Gasteiger partial charge in [0.15, 0.2) is 6.10 Å². The van der Waals surface area contributed by atoms with Gasteiger partial charge in [-0.25, -0.2) is 0 Å². The maximum absolute atomic E-state index is 12.5. The summed E-state index contributed by atoms with van der Waals surface area (Å²) in [6.45, 7) is 1.93. The molecular formula is C20H18ClNO2. The highest BCUT2D eigenvalue weighted by Gasteiger charge is 2.19. The van der Waals surface area contributed by atoms with Crippen LogP contribution >= 0.6 is 11.6 Å². The molecule has 0 saturated heterocycles. The van der Waals surface area contributed by atoms with Crippen molar-refractivity contribution in [2.75, 3.05) is 5.32 Å². The molecule has 0 fully saturated rings. The van der Waals surface area contributed by atoms with Crippen molar-refractivity contribution in [3.05, 3.63) is 71.8 Å². The number of rotatable bonds is 5. The Bertz CT molecular complexity index is 840. The minimum absolute atomic E-state index is 0.173. The molecule has 1 N–H and O–H groups in total. The van der Waals surface area contributed by atoms with Gasteiger partial charge in [0.05, 0.1) is 0 Å². The number of nitrogens with one attached hydrogen (secondary N) is 1. The maximum atomic E-state index is 12.5. The Kier molecular flexibility index (Phi) is 5.02. The fourth-order valence-corrected chi connectivity index (χ4v) is 2.66. The molecule has 0 heterocycles. The van der Waals surface area contributed by atoms with Crippen molar-refractivity contribution in [3.8, 4) is 5.75 Å². The number of halogens is 1. The molecule has 0 unspecified atom stereocenters. The highest BCUT2D eigenvalue weighted by atomic mass is 35.5. The van der Waals surface area contributed by atoms with Gasteiger partial charge in [0.25, 0.3) is 5.91 Å². The number of ether oxygens (including phenoxy) is 1. The third-order valence-corrected chi connectivity index (χ3v) is 4.05. The van der Waals surface area contributed by atoms with Gasteiger partial charge in [0.2, 0.25) is 0 Å². The van der Waals surface area contributed by atoms with Gasteiger partial charge in [0.1, 0.15) is 5.75 Å². The summed E-state index contributed by atoms with van der Waals surface area (Å²) in [4.78, 5) is 12.5. The SMILES string of the molecule is CC[C@H](Oc1cccc2ccccc12)C(=O)Nc1ccc(Cl)cc1. The molecule has 0 bridgehead atoms. The van der Waals surface area contributed by atoms with Crippen LogP contribution in [0.15, 0.2) is 66.7 Å². The van der Waals surface area contributed by atoms with E-state index >= 15 is 0 Å². The molecule has 122 valence electrons. The number of carbonyl (C=O) groups excluding carboxylic acids is 1. The highest BCUT2D eigenvalue weighted by Crippen LogP contribution is 2.26. The summed E-state index contributed by atoms with van der Waals surface area (Å²) in [5, 5.41) is 5.58. The number of anilines is 1. The maximum Gasteiger partial charge on any atom is 0.265 e. The van der Waals surface area contributed by atoms with Gasteiger partial charge < -0.3 is 10.1 Å². The number of carbonyl (C=O) groups is 1. The number of amides is 1. The lowest BCUT2D eigenvalue weighted by molar-refractivity contribution is -0.122. The van der Waals surface area contributed by atoms with Crippen LogP contribution in [0.5, 0.6) is 5.75 Å². The molecule has 1 atom stereocenters.